The number of hydroxylamine groups is 2. The molecule has 1 fully saturated rings. The minimum Gasteiger partial charge on any atom is -0.337 e. The van der Waals surface area contributed by atoms with Crippen LogP contribution in [0.15, 0.2) is 29.9 Å². The minimum atomic E-state index is -1.08. The maximum Gasteiger partial charge on any atom is 0.293 e. The highest BCUT2D eigenvalue weighted by atomic mass is 16.7. The second kappa shape index (κ2) is 9.80. The summed E-state index contributed by atoms with van der Waals surface area (Å²) in [5.74, 6) is -0.722. The number of rotatable bonds is 9. The van der Waals surface area contributed by atoms with Crippen molar-refractivity contribution in [2.45, 2.75) is 24.8 Å². The summed E-state index contributed by atoms with van der Waals surface area (Å²) < 4.78 is 0. The number of hydrogen-bond donors (Lipinski definition) is 3. The number of amides is 2. The summed E-state index contributed by atoms with van der Waals surface area (Å²) >= 11 is 0. The van der Waals surface area contributed by atoms with Gasteiger partial charge in [0.15, 0.2) is 11.5 Å². The number of nitrogens with one attached hydrogen (secondary N) is 3. The van der Waals surface area contributed by atoms with Gasteiger partial charge in [-0.05, 0) is 12.8 Å². The molecule has 162 valence electrons. The fraction of sp³-hybridized carbons (Fsp3) is 0.368. The number of hydrogen-bond acceptors (Lipinski definition) is 10. The quantitative estimate of drug-likeness (QED) is 0.392. The highest BCUT2D eigenvalue weighted by molar-refractivity contribution is 6.43. The number of nitrogens with zero attached hydrogens (tertiary/aromatic N) is 6. The molecule has 12 heteroatoms. The molecule has 1 unspecified atom stereocenters. The van der Waals surface area contributed by atoms with Crippen molar-refractivity contribution in [3.05, 3.63) is 36.3 Å². The van der Waals surface area contributed by atoms with Crippen LogP contribution in [0.25, 0.3) is 0 Å². The van der Waals surface area contributed by atoms with Crippen molar-refractivity contribution in [1.29, 1.82) is 5.41 Å². The molecule has 31 heavy (non-hydrogen) atoms. The van der Waals surface area contributed by atoms with Gasteiger partial charge in [0, 0.05) is 26.2 Å². The first-order valence-electron chi connectivity index (χ1n) is 9.47. The Morgan fingerprint density at radius 3 is 2.61 bits per heavy atom. The molecule has 2 heterocycles. The predicted octanol–water partition coefficient (Wildman–Crippen LogP) is 0.726. The van der Waals surface area contributed by atoms with Gasteiger partial charge in [-0.2, -0.15) is 0 Å². The summed E-state index contributed by atoms with van der Waals surface area (Å²) in [5.41, 5.74) is 1.21. The van der Waals surface area contributed by atoms with E-state index in [-0.39, 0.29) is 23.1 Å². The van der Waals surface area contributed by atoms with Crippen LogP contribution in [0.5, 0.6) is 0 Å². The van der Waals surface area contributed by atoms with Crippen molar-refractivity contribution in [2.24, 2.45) is 4.99 Å². The van der Waals surface area contributed by atoms with Gasteiger partial charge in [0.05, 0.1) is 37.1 Å². The van der Waals surface area contributed by atoms with Crippen LogP contribution in [0.3, 0.4) is 0 Å². The van der Waals surface area contributed by atoms with Crippen LogP contribution < -0.4 is 10.6 Å². The zero-order chi connectivity index (χ0) is 22.4. The minimum absolute atomic E-state index is 0.0306. The van der Waals surface area contributed by atoms with Crippen molar-refractivity contribution in [1.82, 2.24) is 30.3 Å². The summed E-state index contributed by atoms with van der Waals surface area (Å²) in [6.45, 7) is 0. The first-order chi connectivity index (χ1) is 15.0. The normalized spacial score (nSPS) is 14.5. The lowest BCUT2D eigenvalue weighted by Crippen LogP contribution is -2.49. The zero-order valence-corrected chi connectivity index (χ0v) is 17.4. The molecule has 0 aromatic carbocycles. The zero-order valence-electron chi connectivity index (χ0n) is 17.4. The molecule has 1 aliphatic rings. The van der Waals surface area contributed by atoms with Crippen LogP contribution in [0.2, 0.25) is 0 Å². The third kappa shape index (κ3) is 5.22. The molecule has 1 saturated carbocycles. The monoisotopic (exact) mass is 425 g/mol. The molecule has 2 amide bonds. The maximum atomic E-state index is 13.1. The molecular weight excluding hydrogens is 402 g/mol. The number of carbonyl (C=O) groups excluding carboxylic acids is 2. The molecule has 2 aromatic rings. The molecule has 12 nitrogen and oxygen atoms in total. The van der Waals surface area contributed by atoms with E-state index in [1.807, 2.05) is 0 Å². The summed E-state index contributed by atoms with van der Waals surface area (Å²) in [5, 5.41) is 14.3. The highest BCUT2D eigenvalue weighted by Gasteiger charge is 2.30. The SMILES string of the molecule is CN=C(C(=O)N(C)OC)C(C=N)NC(=O)c1nc(C2CC2)cnc1Nc1cncnc1. The van der Waals surface area contributed by atoms with Gasteiger partial charge in [0.2, 0.25) is 0 Å². The van der Waals surface area contributed by atoms with E-state index in [4.69, 9.17) is 10.2 Å². The average Bonchev–Trinajstić information content (AvgIpc) is 3.64. The second-order valence-corrected chi connectivity index (χ2v) is 6.73. The van der Waals surface area contributed by atoms with Crippen molar-refractivity contribution < 1.29 is 14.4 Å². The summed E-state index contributed by atoms with van der Waals surface area (Å²) in [6, 6.07) is -1.08. The van der Waals surface area contributed by atoms with Crippen molar-refractivity contribution in [2.75, 3.05) is 26.5 Å². The van der Waals surface area contributed by atoms with Gasteiger partial charge < -0.3 is 16.0 Å². The van der Waals surface area contributed by atoms with E-state index >= 15 is 0 Å². The third-order valence-electron chi connectivity index (χ3n) is 4.59. The Kier molecular flexibility index (Phi) is 6.92. The smallest absolute Gasteiger partial charge is 0.293 e. The Labute approximate surface area is 178 Å². The summed E-state index contributed by atoms with van der Waals surface area (Å²) in [4.78, 5) is 51.1. The van der Waals surface area contributed by atoms with Crippen LogP contribution in [0.4, 0.5) is 11.5 Å². The molecule has 0 saturated heterocycles. The largest absolute Gasteiger partial charge is 0.337 e. The predicted molar refractivity (Wildman–Crippen MR) is 112 cm³/mol. The van der Waals surface area contributed by atoms with Crippen molar-refractivity contribution in [3.8, 4) is 0 Å². The summed E-state index contributed by atoms with van der Waals surface area (Å²) in [7, 11) is 4.13. The Morgan fingerprint density at radius 1 is 1.32 bits per heavy atom. The molecule has 0 spiro atoms. The second-order valence-electron chi connectivity index (χ2n) is 6.73. The first-order valence-corrected chi connectivity index (χ1v) is 9.47. The van der Waals surface area contributed by atoms with Gasteiger partial charge in [-0.15, -0.1) is 0 Å². The van der Waals surface area contributed by atoms with E-state index < -0.39 is 17.9 Å². The number of anilines is 2. The number of aromatic nitrogens is 4. The van der Waals surface area contributed by atoms with E-state index in [0.29, 0.717) is 11.4 Å². The molecular formula is C19H23N9O3. The maximum absolute atomic E-state index is 13.1. The first kappa shape index (κ1) is 21.9. The van der Waals surface area contributed by atoms with Crippen LogP contribution >= 0.6 is 0 Å². The van der Waals surface area contributed by atoms with E-state index in [2.05, 4.69) is 35.6 Å². The van der Waals surface area contributed by atoms with Gasteiger partial charge in [-0.25, -0.2) is 25.0 Å². The average molecular weight is 425 g/mol. The van der Waals surface area contributed by atoms with E-state index in [9.17, 15) is 9.59 Å². The molecule has 3 N–H and O–H groups in total. The van der Waals surface area contributed by atoms with Crippen molar-refractivity contribution in [3.63, 3.8) is 0 Å². The van der Waals surface area contributed by atoms with Crippen LogP contribution in [-0.2, 0) is 9.63 Å². The fourth-order valence-electron chi connectivity index (χ4n) is 2.74. The van der Waals surface area contributed by atoms with E-state index in [1.165, 1.54) is 39.9 Å². The molecule has 2 aromatic heterocycles. The lowest BCUT2D eigenvalue weighted by atomic mass is 10.1. The molecule has 1 atom stereocenters. The molecule has 1 aliphatic carbocycles. The van der Waals surface area contributed by atoms with E-state index in [0.717, 1.165) is 24.1 Å². The molecule has 3 rings (SSSR count). The highest BCUT2D eigenvalue weighted by Crippen LogP contribution is 2.39. The lowest BCUT2D eigenvalue weighted by molar-refractivity contribution is -0.160. The fourth-order valence-corrected chi connectivity index (χ4v) is 2.74. The number of carbonyl (C=O) groups is 2. The van der Waals surface area contributed by atoms with Gasteiger partial charge >= 0.3 is 0 Å². The molecule has 0 radical (unpaired) electrons. The van der Waals surface area contributed by atoms with Crippen LogP contribution in [0.1, 0.15) is 34.9 Å². The molecule has 0 bridgehead atoms. The van der Waals surface area contributed by atoms with Gasteiger partial charge in [-0.1, -0.05) is 0 Å². The van der Waals surface area contributed by atoms with E-state index in [1.54, 1.807) is 6.20 Å². The summed E-state index contributed by atoms with van der Waals surface area (Å²) in [6.07, 6.45) is 8.97. The topological polar surface area (TPSA) is 158 Å². The van der Waals surface area contributed by atoms with Crippen molar-refractivity contribution >= 4 is 35.2 Å². The number of aliphatic imine (C=N–C) groups is 1. The Balaban J connectivity index is 1.88. The standard InChI is InChI=1S/C19H23N9O3/c1-21-15(19(30)28(2)31-3)13(6-20)27-18(29)16-17(25-12-7-22-10-23-8-12)24-9-14(26-16)11-4-5-11/h6-11,13,20H,4-5H2,1-3H3,(H,24,25)(H,27,29). The van der Waals surface area contributed by atoms with Gasteiger partial charge in [-0.3, -0.25) is 19.4 Å². The Morgan fingerprint density at radius 2 is 2.03 bits per heavy atom. The Bertz CT molecular complexity index is 992. The van der Waals surface area contributed by atoms with Gasteiger partial charge in [0.25, 0.3) is 11.8 Å². The van der Waals surface area contributed by atoms with Crippen LogP contribution in [0, 0.1) is 5.41 Å². The molecule has 0 aliphatic heterocycles. The lowest BCUT2D eigenvalue weighted by Gasteiger charge is -2.20. The third-order valence-corrected chi connectivity index (χ3v) is 4.59. The van der Waals surface area contributed by atoms with Gasteiger partial charge in [0.1, 0.15) is 18.1 Å². The Hall–Kier alpha value is -3.80. The van der Waals surface area contributed by atoms with Crippen LogP contribution in [-0.4, -0.2) is 76.0 Å².